The largest absolute Gasteiger partial charge is 0.456 e. The van der Waals surface area contributed by atoms with E-state index < -0.39 is 0 Å². The van der Waals surface area contributed by atoms with Gasteiger partial charge >= 0.3 is 0 Å². The van der Waals surface area contributed by atoms with Crippen molar-refractivity contribution in [2.24, 2.45) is 0 Å². The lowest BCUT2D eigenvalue weighted by atomic mass is 9.90. The van der Waals surface area contributed by atoms with Gasteiger partial charge in [0, 0.05) is 44.4 Å². The fraction of sp³-hybridized carbons (Fsp3) is 0. The molecule has 0 saturated carbocycles. The number of benzene rings is 9. The van der Waals surface area contributed by atoms with Crippen LogP contribution >= 0.6 is 0 Å². The van der Waals surface area contributed by atoms with Gasteiger partial charge in [0.1, 0.15) is 11.5 Å². The maximum absolute atomic E-state index is 6.64. The molecule has 5 heteroatoms. The molecule has 10 aromatic rings. The lowest BCUT2D eigenvalue weighted by Gasteiger charge is -2.27. The van der Waals surface area contributed by atoms with Crippen LogP contribution in [0.25, 0.3) is 78.0 Å². The standard InChI is InChI=1S/C53H34N4O/c1-4-15-37(16-5-1)51-54-52(38-17-6-2-7-18-38)56-53(55-51)45-31-33-49-50-43(45)23-13-24-44(50)46-34-39(28-32-48(46)58-49)35-26-29-41(30-27-35)57(40-20-8-3-9-21-40)47-25-12-19-36-14-10-11-22-42(36)47/h1-34H. The molecular formula is C53H34N4O. The zero-order valence-corrected chi connectivity index (χ0v) is 31.3. The number of aromatic nitrogens is 3. The lowest BCUT2D eigenvalue weighted by molar-refractivity contribution is 0.487. The van der Waals surface area contributed by atoms with Crippen LogP contribution < -0.4 is 9.64 Å². The number of fused-ring (bicyclic) bond motifs is 3. The Kier molecular flexibility index (Phi) is 8.07. The third-order valence-corrected chi connectivity index (χ3v) is 10.9. The van der Waals surface area contributed by atoms with E-state index in [1.807, 2.05) is 66.7 Å². The van der Waals surface area contributed by atoms with E-state index in [4.69, 9.17) is 19.7 Å². The van der Waals surface area contributed by atoms with Gasteiger partial charge in [0.2, 0.25) is 0 Å². The van der Waals surface area contributed by atoms with Crippen LogP contribution in [-0.4, -0.2) is 15.0 Å². The molecule has 0 saturated heterocycles. The van der Waals surface area contributed by atoms with Gasteiger partial charge < -0.3 is 9.64 Å². The van der Waals surface area contributed by atoms with Gasteiger partial charge in [0.15, 0.2) is 17.5 Å². The van der Waals surface area contributed by atoms with Crippen LogP contribution in [0.5, 0.6) is 11.5 Å². The molecule has 0 unspecified atom stereocenters. The summed E-state index contributed by atoms with van der Waals surface area (Å²) in [5.74, 6) is 3.52. The van der Waals surface area contributed by atoms with Crippen LogP contribution in [-0.2, 0) is 0 Å². The zero-order chi connectivity index (χ0) is 38.4. The summed E-state index contributed by atoms with van der Waals surface area (Å²) in [6, 6.07) is 71.7. The smallest absolute Gasteiger partial charge is 0.164 e. The molecule has 1 aliphatic heterocycles. The third-order valence-electron chi connectivity index (χ3n) is 10.9. The van der Waals surface area contributed by atoms with Crippen LogP contribution in [0.1, 0.15) is 0 Å². The fourth-order valence-electron chi connectivity index (χ4n) is 8.15. The Balaban J connectivity index is 0.995. The number of ether oxygens (including phenoxy) is 1. The van der Waals surface area contributed by atoms with E-state index >= 15 is 0 Å². The minimum atomic E-state index is 0.615. The first-order valence-corrected chi connectivity index (χ1v) is 19.4. The first-order chi connectivity index (χ1) is 28.7. The number of para-hydroxylation sites is 1. The summed E-state index contributed by atoms with van der Waals surface area (Å²) in [6.45, 7) is 0. The molecule has 272 valence electrons. The van der Waals surface area contributed by atoms with Gasteiger partial charge in [-0.05, 0) is 82.1 Å². The average Bonchev–Trinajstić information content (AvgIpc) is 3.30. The van der Waals surface area contributed by atoms with Crippen LogP contribution in [0.4, 0.5) is 17.1 Å². The van der Waals surface area contributed by atoms with E-state index in [1.54, 1.807) is 0 Å². The predicted octanol–water partition coefficient (Wildman–Crippen LogP) is 14.1. The fourth-order valence-corrected chi connectivity index (χ4v) is 8.15. The summed E-state index contributed by atoms with van der Waals surface area (Å²) in [6.07, 6.45) is 0. The Morgan fingerprint density at radius 1 is 0.345 bits per heavy atom. The van der Waals surface area contributed by atoms with Crippen molar-refractivity contribution in [2.45, 2.75) is 0 Å². The Labute approximate surface area is 336 Å². The van der Waals surface area contributed by atoms with Crippen LogP contribution in [0.15, 0.2) is 206 Å². The number of nitrogens with zero attached hydrogens (tertiary/aromatic N) is 4. The molecule has 1 aromatic heterocycles. The highest BCUT2D eigenvalue weighted by Crippen LogP contribution is 2.49. The number of hydrogen-bond acceptors (Lipinski definition) is 5. The second-order valence-electron chi connectivity index (χ2n) is 14.4. The molecule has 0 aliphatic carbocycles. The van der Waals surface area contributed by atoms with Crippen molar-refractivity contribution in [3.63, 3.8) is 0 Å². The van der Waals surface area contributed by atoms with E-state index in [9.17, 15) is 0 Å². The van der Waals surface area contributed by atoms with Crippen LogP contribution in [0, 0.1) is 0 Å². The molecule has 0 spiro atoms. The van der Waals surface area contributed by atoms with E-state index in [-0.39, 0.29) is 0 Å². The van der Waals surface area contributed by atoms with Crippen molar-refractivity contribution >= 4 is 38.6 Å². The summed E-state index contributed by atoms with van der Waals surface area (Å²) >= 11 is 0. The Morgan fingerprint density at radius 3 is 1.66 bits per heavy atom. The molecule has 5 nitrogen and oxygen atoms in total. The number of anilines is 3. The molecule has 0 atom stereocenters. The molecule has 0 N–H and O–H groups in total. The molecule has 1 aliphatic rings. The monoisotopic (exact) mass is 742 g/mol. The third kappa shape index (κ3) is 5.85. The van der Waals surface area contributed by atoms with Gasteiger partial charge in [-0.25, -0.2) is 15.0 Å². The SMILES string of the molecule is c1ccc(-c2nc(-c3ccccc3)nc(-c3ccc4c5c(cccc35)-c3cc(-c5ccc(N(c6ccccc6)c6cccc7ccccc67)cc5)ccc3O4)n2)cc1. The first-order valence-electron chi connectivity index (χ1n) is 19.4. The quantitative estimate of drug-likeness (QED) is 0.163. The Morgan fingerprint density at radius 2 is 0.914 bits per heavy atom. The maximum atomic E-state index is 6.64. The van der Waals surface area contributed by atoms with Crippen LogP contribution in [0.3, 0.4) is 0 Å². The van der Waals surface area contributed by atoms with Crippen molar-refractivity contribution in [3.05, 3.63) is 206 Å². The molecular weight excluding hydrogens is 709 g/mol. The van der Waals surface area contributed by atoms with Crippen molar-refractivity contribution in [1.82, 2.24) is 15.0 Å². The minimum Gasteiger partial charge on any atom is -0.456 e. The van der Waals surface area contributed by atoms with Crippen molar-refractivity contribution in [2.75, 3.05) is 4.90 Å². The predicted molar refractivity (Wildman–Crippen MR) is 237 cm³/mol. The van der Waals surface area contributed by atoms with Crippen molar-refractivity contribution in [3.8, 4) is 67.9 Å². The summed E-state index contributed by atoms with van der Waals surface area (Å²) in [5, 5.41) is 4.47. The summed E-state index contributed by atoms with van der Waals surface area (Å²) < 4.78 is 6.64. The number of rotatable bonds is 7. The van der Waals surface area contributed by atoms with E-state index in [0.717, 1.165) is 78.3 Å². The molecule has 0 fully saturated rings. The molecule has 0 bridgehead atoms. The molecule has 9 aromatic carbocycles. The first kappa shape index (κ1) is 33.4. The Bertz CT molecular complexity index is 3070. The number of hydrogen-bond donors (Lipinski definition) is 0. The highest BCUT2D eigenvalue weighted by Gasteiger charge is 2.24. The van der Waals surface area contributed by atoms with E-state index in [1.165, 1.54) is 10.8 Å². The Hall–Kier alpha value is -7.89. The zero-order valence-electron chi connectivity index (χ0n) is 31.3. The van der Waals surface area contributed by atoms with E-state index in [0.29, 0.717) is 17.5 Å². The van der Waals surface area contributed by atoms with Gasteiger partial charge in [-0.3, -0.25) is 0 Å². The second kappa shape index (κ2) is 14.0. The van der Waals surface area contributed by atoms with Crippen molar-refractivity contribution < 1.29 is 4.74 Å². The van der Waals surface area contributed by atoms with Crippen LogP contribution in [0.2, 0.25) is 0 Å². The topological polar surface area (TPSA) is 51.1 Å². The molecule has 58 heavy (non-hydrogen) atoms. The van der Waals surface area contributed by atoms with E-state index in [2.05, 4.69) is 144 Å². The average molecular weight is 743 g/mol. The maximum Gasteiger partial charge on any atom is 0.164 e. The molecule has 0 radical (unpaired) electrons. The minimum absolute atomic E-state index is 0.615. The molecule has 0 amide bonds. The van der Waals surface area contributed by atoms with Gasteiger partial charge in [-0.2, -0.15) is 0 Å². The summed E-state index contributed by atoms with van der Waals surface area (Å²) in [5.41, 5.74) is 10.5. The second-order valence-corrected chi connectivity index (χ2v) is 14.4. The van der Waals surface area contributed by atoms with Gasteiger partial charge in [0.25, 0.3) is 0 Å². The van der Waals surface area contributed by atoms with Crippen molar-refractivity contribution in [1.29, 1.82) is 0 Å². The lowest BCUT2D eigenvalue weighted by Crippen LogP contribution is -2.10. The highest BCUT2D eigenvalue weighted by atomic mass is 16.5. The highest BCUT2D eigenvalue weighted by molar-refractivity contribution is 6.09. The molecule has 2 heterocycles. The molecule has 11 rings (SSSR count). The summed E-state index contributed by atoms with van der Waals surface area (Å²) in [4.78, 5) is 17.4. The van der Waals surface area contributed by atoms with Gasteiger partial charge in [-0.15, -0.1) is 0 Å². The van der Waals surface area contributed by atoms with Gasteiger partial charge in [0.05, 0.1) is 5.69 Å². The normalized spacial score (nSPS) is 11.6. The summed E-state index contributed by atoms with van der Waals surface area (Å²) in [7, 11) is 0. The van der Waals surface area contributed by atoms with Gasteiger partial charge in [-0.1, -0.05) is 152 Å².